The van der Waals surface area contributed by atoms with Crippen LogP contribution in [0.15, 0.2) is 24.3 Å². The summed E-state index contributed by atoms with van der Waals surface area (Å²) in [6.07, 6.45) is 0.341. The Kier molecular flexibility index (Phi) is 5.70. The number of carbonyl (C=O) groups excluding carboxylic acids is 2. The fourth-order valence-corrected chi connectivity index (χ4v) is 1.73. The van der Waals surface area contributed by atoms with E-state index in [1.807, 2.05) is 13.8 Å². The number of nitrogens with two attached hydrogens (primary N) is 2. The van der Waals surface area contributed by atoms with Gasteiger partial charge in [0.05, 0.1) is 0 Å². The van der Waals surface area contributed by atoms with Crippen LogP contribution in [0, 0.1) is 5.92 Å². The molecule has 0 aliphatic heterocycles. The second-order valence-electron chi connectivity index (χ2n) is 5.42. The van der Waals surface area contributed by atoms with E-state index >= 15 is 0 Å². The minimum atomic E-state index is -0.455. The molecule has 5 nitrogen and oxygen atoms in total. The fraction of sp³-hybridized carbons (Fsp3) is 0.467. The standard InChI is InChI=1S/C15H23N3O2/c1-10(2)13(16)8-14(19)18(3)9-11-4-6-12(7-5-11)15(17)20/h4-7,10,13H,8-9,16H2,1-3H3,(H2,17,20). The van der Waals surface area contributed by atoms with Gasteiger partial charge in [0, 0.05) is 31.6 Å². The Morgan fingerprint density at radius 3 is 2.20 bits per heavy atom. The van der Waals surface area contributed by atoms with Gasteiger partial charge in [-0.05, 0) is 23.6 Å². The van der Waals surface area contributed by atoms with Gasteiger partial charge in [-0.1, -0.05) is 26.0 Å². The lowest BCUT2D eigenvalue weighted by Crippen LogP contribution is -2.35. The van der Waals surface area contributed by atoms with E-state index in [-0.39, 0.29) is 17.9 Å². The second kappa shape index (κ2) is 7.05. The SMILES string of the molecule is CC(C)C(N)CC(=O)N(C)Cc1ccc(C(N)=O)cc1. The first-order valence-corrected chi connectivity index (χ1v) is 6.69. The number of benzene rings is 1. The molecule has 4 N–H and O–H groups in total. The van der Waals surface area contributed by atoms with Gasteiger partial charge in [-0.15, -0.1) is 0 Å². The third kappa shape index (κ3) is 4.66. The van der Waals surface area contributed by atoms with E-state index in [9.17, 15) is 9.59 Å². The van der Waals surface area contributed by atoms with Crippen LogP contribution in [-0.4, -0.2) is 29.8 Å². The molecule has 0 heterocycles. The molecule has 0 aliphatic carbocycles. The highest BCUT2D eigenvalue weighted by atomic mass is 16.2. The Hall–Kier alpha value is -1.88. The molecule has 1 aromatic carbocycles. The topological polar surface area (TPSA) is 89.4 Å². The first kappa shape index (κ1) is 16.2. The van der Waals surface area contributed by atoms with Crippen molar-refractivity contribution in [2.75, 3.05) is 7.05 Å². The van der Waals surface area contributed by atoms with Crippen molar-refractivity contribution in [3.05, 3.63) is 35.4 Å². The van der Waals surface area contributed by atoms with E-state index in [0.29, 0.717) is 18.5 Å². The minimum Gasteiger partial charge on any atom is -0.366 e. The molecule has 0 saturated heterocycles. The Balaban J connectivity index is 2.59. The van der Waals surface area contributed by atoms with Crippen molar-refractivity contribution in [1.82, 2.24) is 4.90 Å². The predicted molar refractivity (Wildman–Crippen MR) is 78.9 cm³/mol. The van der Waals surface area contributed by atoms with E-state index in [4.69, 9.17) is 11.5 Å². The molecule has 0 bridgehead atoms. The normalized spacial score (nSPS) is 12.2. The lowest BCUT2D eigenvalue weighted by Gasteiger charge is -2.21. The van der Waals surface area contributed by atoms with Gasteiger partial charge in [0.2, 0.25) is 11.8 Å². The van der Waals surface area contributed by atoms with Crippen LogP contribution in [0.1, 0.15) is 36.2 Å². The van der Waals surface area contributed by atoms with E-state index < -0.39 is 5.91 Å². The molecule has 0 saturated carbocycles. The molecule has 1 aromatic rings. The molecule has 0 radical (unpaired) electrons. The number of nitrogens with zero attached hydrogens (tertiary/aromatic N) is 1. The molecule has 5 heteroatoms. The van der Waals surface area contributed by atoms with Gasteiger partial charge in [0.15, 0.2) is 0 Å². The smallest absolute Gasteiger partial charge is 0.248 e. The molecule has 110 valence electrons. The van der Waals surface area contributed by atoms with Gasteiger partial charge >= 0.3 is 0 Å². The minimum absolute atomic E-state index is 0.0187. The van der Waals surface area contributed by atoms with Crippen LogP contribution in [0.3, 0.4) is 0 Å². The van der Waals surface area contributed by atoms with Gasteiger partial charge in [0.1, 0.15) is 0 Å². The number of amides is 2. The Morgan fingerprint density at radius 1 is 1.20 bits per heavy atom. The quantitative estimate of drug-likeness (QED) is 0.816. The van der Waals surface area contributed by atoms with Crippen LogP contribution < -0.4 is 11.5 Å². The Bertz CT molecular complexity index is 469. The molecule has 0 aromatic heterocycles. The molecule has 1 atom stereocenters. The molecular weight excluding hydrogens is 254 g/mol. The summed E-state index contributed by atoms with van der Waals surface area (Å²) in [5, 5.41) is 0. The third-order valence-corrected chi connectivity index (χ3v) is 3.35. The monoisotopic (exact) mass is 277 g/mol. The maximum atomic E-state index is 12.0. The van der Waals surface area contributed by atoms with Crippen molar-refractivity contribution in [1.29, 1.82) is 0 Å². The van der Waals surface area contributed by atoms with Crippen molar-refractivity contribution in [2.24, 2.45) is 17.4 Å². The number of primary amides is 1. The van der Waals surface area contributed by atoms with E-state index in [1.165, 1.54) is 0 Å². The van der Waals surface area contributed by atoms with Crippen molar-refractivity contribution >= 4 is 11.8 Å². The van der Waals surface area contributed by atoms with Crippen LogP contribution in [0.2, 0.25) is 0 Å². The van der Waals surface area contributed by atoms with Gasteiger partial charge in [-0.2, -0.15) is 0 Å². The van der Waals surface area contributed by atoms with Crippen LogP contribution in [-0.2, 0) is 11.3 Å². The molecule has 20 heavy (non-hydrogen) atoms. The second-order valence-corrected chi connectivity index (χ2v) is 5.42. The first-order chi connectivity index (χ1) is 9.31. The fourth-order valence-electron chi connectivity index (χ4n) is 1.73. The highest BCUT2D eigenvalue weighted by molar-refractivity contribution is 5.92. The lowest BCUT2D eigenvalue weighted by atomic mass is 10.0. The summed E-state index contributed by atoms with van der Waals surface area (Å²) in [7, 11) is 1.75. The van der Waals surface area contributed by atoms with Gasteiger partial charge in [-0.25, -0.2) is 0 Å². The van der Waals surface area contributed by atoms with E-state index in [1.54, 1.807) is 36.2 Å². The molecular formula is C15H23N3O2. The Morgan fingerprint density at radius 2 is 1.75 bits per heavy atom. The zero-order chi connectivity index (χ0) is 15.3. The summed E-state index contributed by atoms with van der Waals surface area (Å²) in [4.78, 5) is 24.6. The number of hydrogen-bond donors (Lipinski definition) is 2. The summed E-state index contributed by atoms with van der Waals surface area (Å²) in [6.45, 7) is 4.49. The zero-order valence-electron chi connectivity index (χ0n) is 12.3. The van der Waals surface area contributed by atoms with Crippen LogP contribution in [0.4, 0.5) is 0 Å². The first-order valence-electron chi connectivity index (χ1n) is 6.69. The van der Waals surface area contributed by atoms with Crippen molar-refractivity contribution in [3.63, 3.8) is 0 Å². The number of rotatable bonds is 6. The predicted octanol–water partition coefficient (Wildman–Crippen LogP) is 1.12. The average Bonchev–Trinajstić information content (AvgIpc) is 2.38. The number of carbonyl (C=O) groups is 2. The van der Waals surface area contributed by atoms with Gasteiger partial charge in [0.25, 0.3) is 0 Å². The average molecular weight is 277 g/mol. The largest absolute Gasteiger partial charge is 0.366 e. The van der Waals surface area contributed by atoms with Crippen molar-refractivity contribution in [2.45, 2.75) is 32.9 Å². The zero-order valence-corrected chi connectivity index (χ0v) is 12.3. The van der Waals surface area contributed by atoms with E-state index in [2.05, 4.69) is 0 Å². The Labute approximate surface area is 119 Å². The van der Waals surface area contributed by atoms with Gasteiger partial charge < -0.3 is 16.4 Å². The van der Waals surface area contributed by atoms with Crippen LogP contribution in [0.25, 0.3) is 0 Å². The summed E-state index contributed by atoms with van der Waals surface area (Å²) in [5.41, 5.74) is 12.5. The van der Waals surface area contributed by atoms with Crippen LogP contribution in [0.5, 0.6) is 0 Å². The molecule has 0 spiro atoms. The summed E-state index contributed by atoms with van der Waals surface area (Å²) < 4.78 is 0. The lowest BCUT2D eigenvalue weighted by molar-refractivity contribution is -0.131. The van der Waals surface area contributed by atoms with Crippen molar-refractivity contribution < 1.29 is 9.59 Å². The summed E-state index contributed by atoms with van der Waals surface area (Å²) in [5.74, 6) is -0.156. The summed E-state index contributed by atoms with van der Waals surface area (Å²) >= 11 is 0. The van der Waals surface area contributed by atoms with Crippen LogP contribution >= 0.6 is 0 Å². The number of hydrogen-bond acceptors (Lipinski definition) is 3. The molecule has 1 unspecified atom stereocenters. The third-order valence-electron chi connectivity index (χ3n) is 3.35. The summed E-state index contributed by atoms with van der Waals surface area (Å²) in [6, 6.07) is 6.80. The molecule has 0 fully saturated rings. The van der Waals surface area contributed by atoms with E-state index in [0.717, 1.165) is 5.56 Å². The molecule has 1 rings (SSSR count). The highest BCUT2D eigenvalue weighted by Gasteiger charge is 2.16. The highest BCUT2D eigenvalue weighted by Crippen LogP contribution is 2.09. The van der Waals surface area contributed by atoms with Crippen molar-refractivity contribution in [3.8, 4) is 0 Å². The molecule has 2 amide bonds. The molecule has 0 aliphatic rings. The van der Waals surface area contributed by atoms with Gasteiger partial charge in [-0.3, -0.25) is 9.59 Å². The maximum Gasteiger partial charge on any atom is 0.248 e. The maximum absolute atomic E-state index is 12.0.